The van der Waals surface area contributed by atoms with Crippen LogP contribution in [0, 0.1) is 0 Å². The Balaban J connectivity index is 0.000000646. The standard InChI is InChI=1S/C14H13F3N2O3.C4H11N/c1-9(19-6-5-12(13(20)21)18-8-19)10-3-2-4-11(7-10)22-14(15,16)17;1-4(2,3)5/h2-7,9H,8H2,1H3,(H,20,21);5H2,1-3H3. The van der Waals surface area contributed by atoms with E-state index in [0.29, 0.717) is 5.56 Å². The van der Waals surface area contributed by atoms with Crippen LogP contribution in [0.2, 0.25) is 0 Å². The molecule has 9 heteroatoms. The van der Waals surface area contributed by atoms with Gasteiger partial charge in [-0.15, -0.1) is 13.2 Å². The first-order valence-corrected chi connectivity index (χ1v) is 8.12. The summed E-state index contributed by atoms with van der Waals surface area (Å²) in [6.45, 7) is 7.79. The van der Waals surface area contributed by atoms with E-state index in [4.69, 9.17) is 10.8 Å². The number of carboxylic acid groups (broad SMARTS) is 1. The molecule has 0 aromatic heterocycles. The summed E-state index contributed by atoms with van der Waals surface area (Å²) in [5.74, 6) is -1.42. The van der Waals surface area contributed by atoms with E-state index in [9.17, 15) is 18.0 Å². The summed E-state index contributed by atoms with van der Waals surface area (Å²) in [4.78, 5) is 16.3. The molecule has 0 amide bonds. The number of alkyl halides is 3. The van der Waals surface area contributed by atoms with Crippen LogP contribution in [0.1, 0.15) is 39.3 Å². The largest absolute Gasteiger partial charge is 0.573 e. The number of aliphatic carboxylic acids is 1. The van der Waals surface area contributed by atoms with Gasteiger partial charge in [-0.2, -0.15) is 0 Å². The van der Waals surface area contributed by atoms with E-state index >= 15 is 0 Å². The molecule has 6 nitrogen and oxygen atoms in total. The normalized spacial score (nSPS) is 15.4. The van der Waals surface area contributed by atoms with Crippen molar-refractivity contribution in [1.29, 1.82) is 0 Å². The Hall–Kier alpha value is -2.55. The van der Waals surface area contributed by atoms with Crippen molar-refractivity contribution in [2.75, 3.05) is 6.67 Å². The molecule has 0 bridgehead atoms. The molecule has 1 atom stereocenters. The van der Waals surface area contributed by atoms with Gasteiger partial charge in [-0.05, 0) is 51.5 Å². The van der Waals surface area contributed by atoms with Crippen molar-refractivity contribution in [3.63, 3.8) is 0 Å². The highest BCUT2D eigenvalue weighted by atomic mass is 19.4. The Morgan fingerprint density at radius 1 is 1.33 bits per heavy atom. The van der Waals surface area contributed by atoms with E-state index in [1.807, 2.05) is 20.8 Å². The van der Waals surface area contributed by atoms with Crippen LogP contribution < -0.4 is 10.5 Å². The van der Waals surface area contributed by atoms with Crippen LogP contribution in [0.4, 0.5) is 13.2 Å². The topological polar surface area (TPSA) is 88.2 Å². The Morgan fingerprint density at radius 3 is 2.37 bits per heavy atom. The van der Waals surface area contributed by atoms with Gasteiger partial charge in [0, 0.05) is 11.7 Å². The number of carboxylic acids is 1. The third kappa shape index (κ3) is 9.09. The van der Waals surface area contributed by atoms with E-state index in [-0.39, 0.29) is 29.7 Å². The van der Waals surface area contributed by atoms with E-state index in [0.717, 1.165) is 0 Å². The molecule has 27 heavy (non-hydrogen) atoms. The zero-order valence-corrected chi connectivity index (χ0v) is 15.6. The lowest BCUT2D eigenvalue weighted by Gasteiger charge is -2.28. The van der Waals surface area contributed by atoms with Crippen molar-refractivity contribution in [2.24, 2.45) is 10.7 Å². The van der Waals surface area contributed by atoms with Crippen LogP contribution in [-0.4, -0.2) is 40.3 Å². The third-order valence-electron chi connectivity index (χ3n) is 3.12. The summed E-state index contributed by atoms with van der Waals surface area (Å²) in [6, 6.07) is 5.36. The SMILES string of the molecule is CC(C)(C)N.CC(c1cccc(OC(F)(F)F)c1)N1C=CC(C(=O)O)=NC1. The molecule has 0 radical (unpaired) electrons. The second kappa shape index (κ2) is 8.90. The second-order valence-corrected chi connectivity index (χ2v) is 6.98. The number of rotatable bonds is 4. The molecular weight excluding hydrogens is 363 g/mol. The average molecular weight is 387 g/mol. The van der Waals surface area contributed by atoms with Gasteiger partial charge in [0.15, 0.2) is 0 Å². The van der Waals surface area contributed by atoms with Gasteiger partial charge in [0.25, 0.3) is 0 Å². The highest BCUT2D eigenvalue weighted by Gasteiger charge is 2.31. The summed E-state index contributed by atoms with van der Waals surface area (Å²) in [7, 11) is 0. The van der Waals surface area contributed by atoms with E-state index < -0.39 is 12.3 Å². The number of hydrogen-bond donors (Lipinski definition) is 2. The van der Waals surface area contributed by atoms with Gasteiger partial charge < -0.3 is 20.5 Å². The van der Waals surface area contributed by atoms with Crippen LogP contribution in [0.15, 0.2) is 41.5 Å². The summed E-state index contributed by atoms with van der Waals surface area (Å²) >= 11 is 0. The monoisotopic (exact) mass is 387 g/mol. The molecule has 0 fully saturated rings. The predicted octanol–water partition coefficient (Wildman–Crippen LogP) is 3.70. The molecule has 1 aliphatic rings. The third-order valence-corrected chi connectivity index (χ3v) is 3.12. The molecule has 3 N–H and O–H groups in total. The van der Waals surface area contributed by atoms with Crippen LogP contribution in [0.5, 0.6) is 5.75 Å². The molecule has 0 aliphatic carbocycles. The highest BCUT2D eigenvalue weighted by Crippen LogP contribution is 2.28. The van der Waals surface area contributed by atoms with Gasteiger partial charge >= 0.3 is 12.3 Å². The maximum atomic E-state index is 12.2. The lowest BCUT2D eigenvalue weighted by atomic mass is 10.1. The Bertz CT molecular complexity index is 704. The number of nitrogens with two attached hydrogens (primary N) is 1. The fraction of sp³-hybridized carbons (Fsp3) is 0.444. The summed E-state index contributed by atoms with van der Waals surface area (Å²) in [5, 5.41) is 8.80. The van der Waals surface area contributed by atoms with Crippen molar-refractivity contribution < 1.29 is 27.8 Å². The van der Waals surface area contributed by atoms with Gasteiger partial charge in [0.1, 0.15) is 18.1 Å². The van der Waals surface area contributed by atoms with Gasteiger partial charge in [-0.1, -0.05) is 12.1 Å². The summed E-state index contributed by atoms with van der Waals surface area (Å²) in [6.07, 6.45) is -1.84. The quantitative estimate of drug-likeness (QED) is 0.822. The zero-order chi connectivity index (χ0) is 20.8. The lowest BCUT2D eigenvalue weighted by molar-refractivity contribution is -0.274. The van der Waals surface area contributed by atoms with Gasteiger partial charge in [-0.25, -0.2) is 4.79 Å². The zero-order valence-electron chi connectivity index (χ0n) is 15.6. The van der Waals surface area contributed by atoms with Crippen LogP contribution in [0.25, 0.3) is 0 Å². The number of nitrogens with zero attached hydrogens (tertiary/aromatic N) is 2. The molecular formula is C18H24F3N3O3. The lowest BCUT2D eigenvalue weighted by Crippen LogP contribution is -2.27. The first-order valence-electron chi connectivity index (χ1n) is 8.12. The van der Waals surface area contributed by atoms with Crippen molar-refractivity contribution in [3.8, 4) is 5.75 Å². The van der Waals surface area contributed by atoms with Crippen LogP contribution >= 0.6 is 0 Å². The van der Waals surface area contributed by atoms with Crippen LogP contribution in [0.3, 0.4) is 0 Å². The summed E-state index contributed by atoms with van der Waals surface area (Å²) < 4.78 is 40.6. The minimum absolute atomic E-state index is 0. The van der Waals surface area contributed by atoms with E-state index in [1.165, 1.54) is 24.3 Å². The molecule has 150 valence electrons. The first kappa shape index (κ1) is 22.5. The first-order chi connectivity index (χ1) is 12.3. The van der Waals surface area contributed by atoms with Gasteiger partial charge in [-0.3, -0.25) is 4.99 Å². The van der Waals surface area contributed by atoms with Crippen LogP contribution in [-0.2, 0) is 4.79 Å². The number of aliphatic imine (C=N–C) groups is 1. The number of benzene rings is 1. The van der Waals surface area contributed by atoms with Crippen molar-refractivity contribution in [2.45, 2.75) is 45.6 Å². The molecule has 0 spiro atoms. The molecule has 2 rings (SSSR count). The van der Waals surface area contributed by atoms with Gasteiger partial charge in [0.05, 0.1) is 6.04 Å². The Labute approximate surface area is 156 Å². The maximum Gasteiger partial charge on any atom is 0.573 e. The predicted molar refractivity (Wildman–Crippen MR) is 96.4 cm³/mol. The fourth-order valence-electron chi connectivity index (χ4n) is 1.98. The maximum absolute atomic E-state index is 12.2. The second-order valence-electron chi connectivity index (χ2n) is 6.98. The highest BCUT2D eigenvalue weighted by molar-refractivity contribution is 6.40. The number of carbonyl (C=O) groups is 1. The molecule has 0 saturated carbocycles. The van der Waals surface area contributed by atoms with Crippen molar-refractivity contribution in [3.05, 3.63) is 42.1 Å². The Kier molecular flexibility index (Phi) is 7.41. The Morgan fingerprint density at radius 2 is 1.93 bits per heavy atom. The minimum Gasteiger partial charge on any atom is -0.477 e. The average Bonchev–Trinajstić information content (AvgIpc) is 2.51. The molecule has 1 aliphatic heterocycles. The molecule has 1 aromatic rings. The van der Waals surface area contributed by atoms with E-state index in [2.05, 4.69) is 9.73 Å². The minimum atomic E-state index is -4.74. The number of hydrogen-bond acceptors (Lipinski definition) is 5. The number of ether oxygens (including phenoxy) is 1. The van der Waals surface area contributed by atoms with E-state index in [1.54, 1.807) is 24.1 Å². The summed E-state index contributed by atoms with van der Waals surface area (Å²) in [5.41, 5.74) is 5.89. The van der Waals surface area contributed by atoms with Crippen molar-refractivity contribution >= 4 is 11.7 Å². The number of halogens is 3. The van der Waals surface area contributed by atoms with Gasteiger partial charge in [0.2, 0.25) is 0 Å². The molecule has 1 aromatic carbocycles. The fourth-order valence-corrected chi connectivity index (χ4v) is 1.98. The van der Waals surface area contributed by atoms with Crippen molar-refractivity contribution in [1.82, 2.24) is 4.90 Å². The molecule has 1 heterocycles. The smallest absolute Gasteiger partial charge is 0.477 e. The molecule has 1 unspecified atom stereocenters. The molecule has 0 saturated heterocycles.